The Balaban J connectivity index is 2.33. The van der Waals surface area contributed by atoms with Crippen LogP contribution >= 0.6 is 11.6 Å². The SMILES string of the molecule is O=C(O)c1ccccc1Nc1cc(Cl)ncn1. The molecule has 0 saturated heterocycles. The number of carbonyl (C=O) groups is 1. The zero-order valence-electron chi connectivity index (χ0n) is 8.59. The van der Waals surface area contributed by atoms with Gasteiger partial charge < -0.3 is 10.4 Å². The second kappa shape index (κ2) is 4.80. The number of rotatable bonds is 3. The van der Waals surface area contributed by atoms with Gasteiger partial charge in [-0.15, -0.1) is 0 Å². The van der Waals surface area contributed by atoms with Crippen molar-refractivity contribution in [2.24, 2.45) is 0 Å². The second-order valence-corrected chi connectivity index (χ2v) is 3.59. The molecule has 0 bridgehead atoms. The lowest BCUT2D eigenvalue weighted by Gasteiger charge is -2.08. The van der Waals surface area contributed by atoms with Gasteiger partial charge in [0.25, 0.3) is 0 Å². The number of hydrogen-bond acceptors (Lipinski definition) is 4. The summed E-state index contributed by atoms with van der Waals surface area (Å²) < 4.78 is 0. The predicted molar refractivity (Wildman–Crippen MR) is 63.7 cm³/mol. The molecule has 86 valence electrons. The van der Waals surface area contributed by atoms with E-state index in [1.807, 2.05) is 0 Å². The number of hydrogen-bond donors (Lipinski definition) is 2. The summed E-state index contributed by atoms with van der Waals surface area (Å²) in [5.41, 5.74) is 0.622. The van der Waals surface area contributed by atoms with E-state index in [9.17, 15) is 4.79 Å². The van der Waals surface area contributed by atoms with Gasteiger partial charge in [0, 0.05) is 6.07 Å². The lowest BCUT2D eigenvalue weighted by molar-refractivity contribution is 0.0698. The molecule has 0 aliphatic carbocycles. The van der Waals surface area contributed by atoms with Crippen LogP contribution in [0.4, 0.5) is 11.5 Å². The maximum absolute atomic E-state index is 11.0. The van der Waals surface area contributed by atoms with Crippen LogP contribution in [0.1, 0.15) is 10.4 Å². The molecule has 0 spiro atoms. The Morgan fingerprint density at radius 2 is 2.06 bits per heavy atom. The molecule has 2 N–H and O–H groups in total. The van der Waals surface area contributed by atoms with Crippen molar-refractivity contribution in [3.05, 3.63) is 47.4 Å². The van der Waals surface area contributed by atoms with E-state index in [0.29, 0.717) is 11.5 Å². The van der Waals surface area contributed by atoms with Gasteiger partial charge in [0.15, 0.2) is 0 Å². The normalized spacial score (nSPS) is 9.94. The van der Waals surface area contributed by atoms with Crippen molar-refractivity contribution >= 4 is 29.1 Å². The third-order valence-electron chi connectivity index (χ3n) is 2.05. The molecule has 2 rings (SSSR count). The van der Waals surface area contributed by atoms with Gasteiger partial charge in [-0.2, -0.15) is 0 Å². The number of para-hydroxylation sites is 1. The van der Waals surface area contributed by atoms with Crippen LogP contribution in [-0.2, 0) is 0 Å². The first kappa shape index (κ1) is 11.3. The first-order valence-electron chi connectivity index (χ1n) is 4.74. The number of nitrogens with one attached hydrogen (secondary N) is 1. The molecule has 1 aromatic carbocycles. The Labute approximate surface area is 102 Å². The number of carboxylic acids is 1. The summed E-state index contributed by atoms with van der Waals surface area (Å²) in [6.07, 6.45) is 1.30. The molecule has 6 heteroatoms. The fourth-order valence-corrected chi connectivity index (χ4v) is 1.47. The van der Waals surface area contributed by atoms with E-state index in [2.05, 4.69) is 15.3 Å². The van der Waals surface area contributed by atoms with Gasteiger partial charge in [-0.1, -0.05) is 23.7 Å². The maximum Gasteiger partial charge on any atom is 0.337 e. The largest absolute Gasteiger partial charge is 0.478 e. The highest BCUT2D eigenvalue weighted by molar-refractivity contribution is 6.29. The lowest BCUT2D eigenvalue weighted by Crippen LogP contribution is -2.03. The van der Waals surface area contributed by atoms with Gasteiger partial charge in [0.2, 0.25) is 0 Å². The van der Waals surface area contributed by atoms with Crippen LogP contribution in [-0.4, -0.2) is 21.0 Å². The highest BCUT2D eigenvalue weighted by Gasteiger charge is 2.09. The van der Waals surface area contributed by atoms with Crippen LogP contribution in [0.3, 0.4) is 0 Å². The number of nitrogens with zero attached hydrogens (tertiary/aromatic N) is 2. The molecule has 1 aromatic heterocycles. The fraction of sp³-hybridized carbons (Fsp3) is 0. The molecule has 5 nitrogen and oxygen atoms in total. The standard InChI is InChI=1S/C11H8ClN3O2/c12-9-5-10(14-6-13-9)15-8-4-2-1-3-7(8)11(16)17/h1-6H,(H,16,17)(H,13,14,15). The summed E-state index contributed by atoms with van der Waals surface area (Å²) in [6.45, 7) is 0. The average molecular weight is 250 g/mol. The molecular weight excluding hydrogens is 242 g/mol. The third kappa shape index (κ3) is 2.70. The van der Waals surface area contributed by atoms with E-state index in [4.69, 9.17) is 16.7 Å². The van der Waals surface area contributed by atoms with Crippen molar-refractivity contribution < 1.29 is 9.90 Å². The van der Waals surface area contributed by atoms with E-state index < -0.39 is 5.97 Å². The van der Waals surface area contributed by atoms with Crippen molar-refractivity contribution in [1.82, 2.24) is 9.97 Å². The van der Waals surface area contributed by atoms with Crippen LogP contribution < -0.4 is 5.32 Å². The van der Waals surface area contributed by atoms with E-state index in [1.54, 1.807) is 18.2 Å². The highest BCUT2D eigenvalue weighted by Crippen LogP contribution is 2.20. The lowest BCUT2D eigenvalue weighted by atomic mass is 10.2. The van der Waals surface area contributed by atoms with Gasteiger partial charge in [-0.05, 0) is 12.1 Å². The molecule has 0 amide bonds. The summed E-state index contributed by atoms with van der Waals surface area (Å²) in [5.74, 6) is -0.563. The van der Waals surface area contributed by atoms with E-state index in [1.165, 1.54) is 18.5 Å². The Morgan fingerprint density at radius 1 is 1.29 bits per heavy atom. The Hall–Kier alpha value is -2.14. The molecular formula is C11H8ClN3O2. The van der Waals surface area contributed by atoms with Crippen molar-refractivity contribution in [3.63, 3.8) is 0 Å². The van der Waals surface area contributed by atoms with Crippen LogP contribution in [0.5, 0.6) is 0 Å². The van der Waals surface area contributed by atoms with E-state index >= 15 is 0 Å². The molecule has 0 unspecified atom stereocenters. The molecule has 0 fully saturated rings. The molecule has 2 aromatic rings. The number of halogens is 1. The molecule has 0 atom stereocenters. The summed E-state index contributed by atoms with van der Waals surface area (Å²) >= 11 is 5.71. The minimum Gasteiger partial charge on any atom is -0.478 e. The molecule has 17 heavy (non-hydrogen) atoms. The van der Waals surface area contributed by atoms with Crippen molar-refractivity contribution in [2.75, 3.05) is 5.32 Å². The zero-order chi connectivity index (χ0) is 12.3. The van der Waals surface area contributed by atoms with Gasteiger partial charge in [0.1, 0.15) is 17.3 Å². The first-order valence-corrected chi connectivity index (χ1v) is 5.11. The number of benzene rings is 1. The summed E-state index contributed by atoms with van der Waals surface area (Å²) in [7, 11) is 0. The number of carboxylic acid groups (broad SMARTS) is 1. The van der Waals surface area contributed by atoms with Crippen molar-refractivity contribution in [3.8, 4) is 0 Å². The minimum atomic E-state index is -1.01. The van der Waals surface area contributed by atoms with Gasteiger partial charge >= 0.3 is 5.97 Å². The summed E-state index contributed by atoms with van der Waals surface area (Å²) in [4.78, 5) is 18.7. The van der Waals surface area contributed by atoms with Gasteiger partial charge in [-0.25, -0.2) is 14.8 Å². The quantitative estimate of drug-likeness (QED) is 0.818. The molecule has 0 aliphatic heterocycles. The predicted octanol–water partition coefficient (Wildman–Crippen LogP) is 2.57. The number of aromatic nitrogens is 2. The first-order chi connectivity index (χ1) is 8.16. The van der Waals surface area contributed by atoms with Crippen molar-refractivity contribution in [1.29, 1.82) is 0 Å². The van der Waals surface area contributed by atoms with Gasteiger partial charge in [0.05, 0.1) is 11.3 Å². The van der Waals surface area contributed by atoms with E-state index in [-0.39, 0.29) is 10.7 Å². The molecule has 0 radical (unpaired) electrons. The topological polar surface area (TPSA) is 75.1 Å². The highest BCUT2D eigenvalue weighted by atomic mass is 35.5. The molecule has 1 heterocycles. The van der Waals surface area contributed by atoms with Crippen LogP contribution in [0, 0.1) is 0 Å². The van der Waals surface area contributed by atoms with Gasteiger partial charge in [-0.3, -0.25) is 0 Å². The van der Waals surface area contributed by atoms with E-state index in [0.717, 1.165) is 0 Å². The second-order valence-electron chi connectivity index (χ2n) is 3.20. The maximum atomic E-state index is 11.0. The summed E-state index contributed by atoms with van der Waals surface area (Å²) in [6, 6.07) is 8.06. The van der Waals surface area contributed by atoms with Crippen LogP contribution in [0.25, 0.3) is 0 Å². The monoisotopic (exact) mass is 249 g/mol. The third-order valence-corrected chi connectivity index (χ3v) is 2.26. The summed E-state index contributed by atoms with van der Waals surface area (Å²) in [5, 5.41) is 12.2. The number of anilines is 2. The average Bonchev–Trinajstić information content (AvgIpc) is 2.29. The van der Waals surface area contributed by atoms with Crippen molar-refractivity contribution in [2.45, 2.75) is 0 Å². The number of aromatic carboxylic acids is 1. The fourth-order valence-electron chi connectivity index (χ4n) is 1.32. The Morgan fingerprint density at radius 3 is 2.76 bits per heavy atom. The Bertz CT molecular complexity index is 560. The molecule has 0 saturated carbocycles. The smallest absolute Gasteiger partial charge is 0.337 e. The zero-order valence-corrected chi connectivity index (χ0v) is 9.35. The minimum absolute atomic E-state index is 0.169. The molecule has 0 aliphatic rings. The Kier molecular flexibility index (Phi) is 3.20. The van der Waals surface area contributed by atoms with Crippen LogP contribution in [0.2, 0.25) is 5.15 Å². The van der Waals surface area contributed by atoms with Crippen LogP contribution in [0.15, 0.2) is 36.7 Å².